The number of aromatic nitrogens is 2. The molecule has 0 atom stereocenters. The largest absolute Gasteiger partial charge is 0.339 e. The number of carbonyl (C=O) groups is 2. The summed E-state index contributed by atoms with van der Waals surface area (Å²) in [5, 5.41) is 8.24. The Labute approximate surface area is 188 Å². The molecule has 0 aliphatic carbocycles. The summed E-state index contributed by atoms with van der Waals surface area (Å²) in [6, 6.07) is 13.8. The lowest BCUT2D eigenvalue weighted by molar-refractivity contribution is 0.0773. The Morgan fingerprint density at radius 3 is 2.22 bits per heavy atom. The van der Waals surface area contributed by atoms with Crippen LogP contribution >= 0.6 is 0 Å². The summed E-state index contributed by atoms with van der Waals surface area (Å²) < 4.78 is 1.39. The Bertz CT molecular complexity index is 1150. The average Bonchev–Trinajstić information content (AvgIpc) is 2.82. The first-order chi connectivity index (χ1) is 15.5. The van der Waals surface area contributed by atoms with Gasteiger partial charge in [0, 0.05) is 36.3 Å². The fourth-order valence-corrected chi connectivity index (χ4v) is 3.65. The van der Waals surface area contributed by atoms with E-state index in [1.54, 1.807) is 53.4 Å². The van der Waals surface area contributed by atoms with Crippen LogP contribution in [0.1, 0.15) is 60.9 Å². The Morgan fingerprint density at radius 1 is 0.938 bits per heavy atom. The molecule has 7 nitrogen and oxygen atoms in total. The molecule has 0 aliphatic rings. The van der Waals surface area contributed by atoms with Crippen LogP contribution in [0.4, 0.5) is 5.69 Å². The monoisotopic (exact) mass is 434 g/mol. The molecule has 32 heavy (non-hydrogen) atoms. The molecule has 2 amide bonds. The molecule has 3 aromatic rings. The number of hydrogen-bond donors (Lipinski definition) is 1. The van der Waals surface area contributed by atoms with Crippen LogP contribution in [0.25, 0.3) is 10.8 Å². The summed E-state index contributed by atoms with van der Waals surface area (Å²) in [6.07, 6.45) is 2.84. The summed E-state index contributed by atoms with van der Waals surface area (Å²) in [5.41, 5.74) is 1.15. The zero-order valence-electron chi connectivity index (χ0n) is 18.9. The third kappa shape index (κ3) is 5.04. The smallest absolute Gasteiger partial charge is 0.276 e. The maximum atomic E-state index is 13.1. The van der Waals surface area contributed by atoms with Crippen molar-refractivity contribution in [3.8, 4) is 0 Å². The molecule has 0 aliphatic heterocycles. The van der Waals surface area contributed by atoms with Gasteiger partial charge in [-0.25, -0.2) is 4.68 Å². The van der Waals surface area contributed by atoms with Gasteiger partial charge in [-0.3, -0.25) is 14.4 Å². The van der Waals surface area contributed by atoms with Gasteiger partial charge < -0.3 is 10.2 Å². The molecule has 0 fully saturated rings. The summed E-state index contributed by atoms with van der Waals surface area (Å²) in [5.74, 6) is -0.437. The third-order valence-electron chi connectivity index (χ3n) is 5.50. The van der Waals surface area contributed by atoms with Crippen molar-refractivity contribution < 1.29 is 9.59 Å². The van der Waals surface area contributed by atoms with Gasteiger partial charge >= 0.3 is 0 Å². The zero-order chi connectivity index (χ0) is 23.1. The second-order valence-electron chi connectivity index (χ2n) is 7.64. The van der Waals surface area contributed by atoms with Gasteiger partial charge in [-0.15, -0.1) is 0 Å². The van der Waals surface area contributed by atoms with E-state index in [-0.39, 0.29) is 17.2 Å². The number of anilines is 1. The first kappa shape index (κ1) is 23.2. The van der Waals surface area contributed by atoms with Gasteiger partial charge in [-0.1, -0.05) is 38.0 Å². The molecule has 2 aromatic carbocycles. The minimum absolute atomic E-state index is 0.0420. The van der Waals surface area contributed by atoms with Crippen LogP contribution in [0.2, 0.25) is 0 Å². The first-order valence-electron chi connectivity index (χ1n) is 11.2. The molecule has 1 aromatic heterocycles. The summed E-state index contributed by atoms with van der Waals surface area (Å²) in [4.78, 5) is 40.1. The minimum Gasteiger partial charge on any atom is -0.339 e. The van der Waals surface area contributed by atoms with Crippen molar-refractivity contribution in [1.29, 1.82) is 0 Å². The molecule has 0 unspecified atom stereocenters. The highest BCUT2D eigenvalue weighted by Gasteiger charge is 2.17. The molecule has 0 saturated heterocycles. The number of carbonyl (C=O) groups excluding carboxylic acids is 2. The highest BCUT2D eigenvalue weighted by Crippen LogP contribution is 2.17. The predicted molar refractivity (Wildman–Crippen MR) is 127 cm³/mol. The lowest BCUT2D eigenvalue weighted by atomic mass is 10.1. The second-order valence-corrected chi connectivity index (χ2v) is 7.64. The molecule has 0 radical (unpaired) electrons. The number of nitrogens with one attached hydrogen (secondary N) is 1. The molecule has 1 N–H and O–H groups in total. The van der Waals surface area contributed by atoms with E-state index in [0.717, 1.165) is 19.3 Å². The Hall–Kier alpha value is -3.48. The van der Waals surface area contributed by atoms with E-state index < -0.39 is 5.91 Å². The first-order valence-corrected chi connectivity index (χ1v) is 11.2. The lowest BCUT2D eigenvalue weighted by Gasteiger charge is -2.18. The van der Waals surface area contributed by atoms with Crippen molar-refractivity contribution in [2.24, 2.45) is 0 Å². The van der Waals surface area contributed by atoms with Crippen LogP contribution in [0.15, 0.2) is 53.3 Å². The van der Waals surface area contributed by atoms with Gasteiger partial charge in [0.15, 0.2) is 5.69 Å². The average molecular weight is 435 g/mol. The number of fused-ring (bicyclic) bond motifs is 1. The van der Waals surface area contributed by atoms with Crippen molar-refractivity contribution in [3.63, 3.8) is 0 Å². The predicted octanol–water partition coefficient (Wildman–Crippen LogP) is 4.32. The molecule has 0 saturated carbocycles. The van der Waals surface area contributed by atoms with Crippen LogP contribution < -0.4 is 10.9 Å². The molecule has 0 spiro atoms. The van der Waals surface area contributed by atoms with Crippen LogP contribution in [0, 0.1) is 0 Å². The number of nitrogens with zero attached hydrogens (tertiary/aromatic N) is 3. The zero-order valence-corrected chi connectivity index (χ0v) is 18.9. The van der Waals surface area contributed by atoms with E-state index in [1.165, 1.54) is 4.68 Å². The van der Waals surface area contributed by atoms with E-state index in [0.29, 0.717) is 41.7 Å². The highest BCUT2D eigenvalue weighted by atomic mass is 16.2. The fourth-order valence-electron chi connectivity index (χ4n) is 3.65. The molecule has 0 bridgehead atoms. The van der Waals surface area contributed by atoms with E-state index in [1.807, 2.05) is 13.8 Å². The van der Waals surface area contributed by atoms with Crippen molar-refractivity contribution in [2.75, 3.05) is 18.4 Å². The van der Waals surface area contributed by atoms with Gasteiger partial charge in [0.1, 0.15) is 0 Å². The lowest BCUT2D eigenvalue weighted by Crippen LogP contribution is -2.30. The number of unbranched alkanes of at least 4 members (excludes halogenated alkanes) is 2. The second kappa shape index (κ2) is 10.7. The number of benzene rings is 2. The van der Waals surface area contributed by atoms with E-state index in [4.69, 9.17) is 0 Å². The van der Waals surface area contributed by atoms with Crippen molar-refractivity contribution in [1.82, 2.24) is 14.7 Å². The fraction of sp³-hybridized carbons (Fsp3) is 0.360. The van der Waals surface area contributed by atoms with Gasteiger partial charge in [0.25, 0.3) is 17.4 Å². The normalized spacial score (nSPS) is 10.8. The quantitative estimate of drug-likeness (QED) is 0.508. The molecule has 7 heteroatoms. The van der Waals surface area contributed by atoms with E-state index in [9.17, 15) is 14.4 Å². The maximum absolute atomic E-state index is 13.1. The Balaban J connectivity index is 1.87. The minimum atomic E-state index is -0.395. The van der Waals surface area contributed by atoms with Crippen LogP contribution in [-0.4, -0.2) is 39.6 Å². The molecular formula is C25H30N4O3. The van der Waals surface area contributed by atoms with Crippen molar-refractivity contribution >= 4 is 28.3 Å². The van der Waals surface area contributed by atoms with E-state index >= 15 is 0 Å². The third-order valence-corrected chi connectivity index (χ3v) is 5.50. The summed E-state index contributed by atoms with van der Waals surface area (Å²) in [7, 11) is 0. The Kier molecular flexibility index (Phi) is 7.76. The Morgan fingerprint density at radius 2 is 1.59 bits per heavy atom. The number of amides is 2. The standard InChI is InChI=1S/C25H30N4O3/c1-4-7-10-17-29-25(32)21-12-9-8-11-20(21)22(27-29)23(30)26-19-15-13-18(14-16-19)24(31)28(5-2)6-3/h8-9,11-16H,4-7,10,17H2,1-3H3,(H,26,30). The SMILES string of the molecule is CCCCCn1nc(C(=O)Nc2ccc(C(=O)N(CC)CC)cc2)c2ccccc2c1=O. The summed E-state index contributed by atoms with van der Waals surface area (Å²) in [6.45, 7) is 7.72. The number of hydrogen-bond acceptors (Lipinski definition) is 4. The maximum Gasteiger partial charge on any atom is 0.276 e. The van der Waals surface area contributed by atoms with Crippen LogP contribution in [0.5, 0.6) is 0 Å². The van der Waals surface area contributed by atoms with Crippen LogP contribution in [-0.2, 0) is 6.54 Å². The topological polar surface area (TPSA) is 84.3 Å². The van der Waals surface area contributed by atoms with Gasteiger partial charge in [0.05, 0.1) is 5.39 Å². The van der Waals surface area contributed by atoms with Crippen molar-refractivity contribution in [2.45, 2.75) is 46.6 Å². The molecule has 168 valence electrons. The molecule has 3 rings (SSSR count). The molecular weight excluding hydrogens is 404 g/mol. The van der Waals surface area contributed by atoms with Gasteiger partial charge in [0.2, 0.25) is 0 Å². The van der Waals surface area contributed by atoms with Crippen LogP contribution in [0.3, 0.4) is 0 Å². The number of rotatable bonds is 9. The van der Waals surface area contributed by atoms with E-state index in [2.05, 4.69) is 17.3 Å². The number of aryl methyl sites for hydroxylation is 1. The summed E-state index contributed by atoms with van der Waals surface area (Å²) >= 11 is 0. The molecule has 1 heterocycles. The van der Waals surface area contributed by atoms with Gasteiger partial charge in [-0.2, -0.15) is 5.10 Å². The van der Waals surface area contributed by atoms with Crippen molar-refractivity contribution in [3.05, 3.63) is 70.1 Å². The highest BCUT2D eigenvalue weighted by molar-refractivity contribution is 6.11. The van der Waals surface area contributed by atoms with Gasteiger partial charge in [-0.05, 0) is 50.6 Å².